The maximum atomic E-state index is 5.45. The zero-order valence-corrected chi connectivity index (χ0v) is 10.5. The maximum absolute atomic E-state index is 5.45. The average Bonchev–Trinajstić information content (AvgIpc) is 3.05. The predicted molar refractivity (Wildman–Crippen MR) is 69.0 cm³/mol. The largest absolute Gasteiger partial charge is 0.380 e. The van der Waals surface area contributed by atoms with E-state index in [1.165, 1.54) is 24.0 Å². The summed E-state index contributed by atoms with van der Waals surface area (Å²) in [6.45, 7) is 3.95. The Balaban J connectivity index is 1.72. The molecule has 2 aliphatic rings. The Hall–Kier alpha value is -0.860. The molecule has 1 aliphatic carbocycles. The Labute approximate surface area is 103 Å². The monoisotopic (exact) mass is 231 g/mol. The van der Waals surface area contributed by atoms with Crippen molar-refractivity contribution in [1.29, 1.82) is 0 Å². The number of rotatable bonds is 4. The quantitative estimate of drug-likeness (QED) is 0.860. The van der Waals surface area contributed by atoms with Gasteiger partial charge in [-0.25, -0.2) is 0 Å². The maximum Gasteiger partial charge on any atom is 0.0620 e. The minimum atomic E-state index is 0.544. The second-order valence-electron chi connectivity index (χ2n) is 5.45. The topological polar surface area (TPSA) is 21.3 Å². The van der Waals surface area contributed by atoms with Gasteiger partial charge in [0.05, 0.1) is 6.61 Å². The van der Waals surface area contributed by atoms with Crippen molar-refractivity contribution in [3.8, 4) is 0 Å². The summed E-state index contributed by atoms with van der Waals surface area (Å²) in [5, 5.41) is 3.79. The van der Waals surface area contributed by atoms with E-state index in [4.69, 9.17) is 4.74 Å². The van der Waals surface area contributed by atoms with Gasteiger partial charge in [0, 0.05) is 18.7 Å². The van der Waals surface area contributed by atoms with Crippen molar-refractivity contribution < 1.29 is 4.74 Å². The van der Waals surface area contributed by atoms with E-state index < -0.39 is 0 Å². The van der Waals surface area contributed by atoms with Crippen LogP contribution in [0.5, 0.6) is 0 Å². The molecule has 0 aromatic heterocycles. The van der Waals surface area contributed by atoms with E-state index in [-0.39, 0.29) is 0 Å². The van der Waals surface area contributed by atoms with Crippen LogP contribution in [-0.4, -0.2) is 19.3 Å². The molecule has 92 valence electrons. The van der Waals surface area contributed by atoms with Crippen molar-refractivity contribution in [1.82, 2.24) is 5.32 Å². The van der Waals surface area contributed by atoms with Crippen LogP contribution in [0.3, 0.4) is 0 Å². The SMILES string of the molecule is Cc1ccc(C(NC2CCOC2)C2CC2)cc1. The van der Waals surface area contributed by atoms with Crippen molar-refractivity contribution in [2.75, 3.05) is 13.2 Å². The number of benzene rings is 1. The van der Waals surface area contributed by atoms with Gasteiger partial charge in [-0.1, -0.05) is 29.8 Å². The average molecular weight is 231 g/mol. The van der Waals surface area contributed by atoms with Gasteiger partial charge in [-0.05, 0) is 37.7 Å². The molecule has 1 saturated carbocycles. The number of nitrogens with one attached hydrogen (secondary N) is 1. The highest BCUT2D eigenvalue weighted by atomic mass is 16.5. The van der Waals surface area contributed by atoms with Gasteiger partial charge in [0.25, 0.3) is 0 Å². The third-order valence-corrected chi connectivity index (χ3v) is 3.87. The second-order valence-corrected chi connectivity index (χ2v) is 5.45. The lowest BCUT2D eigenvalue weighted by atomic mass is 10.00. The first-order valence-corrected chi connectivity index (χ1v) is 6.73. The van der Waals surface area contributed by atoms with E-state index in [2.05, 4.69) is 36.5 Å². The summed E-state index contributed by atoms with van der Waals surface area (Å²) in [5.41, 5.74) is 2.79. The summed E-state index contributed by atoms with van der Waals surface area (Å²) in [6, 6.07) is 10.1. The molecule has 1 N–H and O–H groups in total. The molecule has 0 spiro atoms. The van der Waals surface area contributed by atoms with Gasteiger partial charge in [0.15, 0.2) is 0 Å². The highest BCUT2D eigenvalue weighted by molar-refractivity contribution is 5.25. The third kappa shape index (κ3) is 2.70. The van der Waals surface area contributed by atoms with Gasteiger partial charge in [0.2, 0.25) is 0 Å². The van der Waals surface area contributed by atoms with Crippen LogP contribution in [0.4, 0.5) is 0 Å². The van der Waals surface area contributed by atoms with Crippen molar-refractivity contribution in [2.24, 2.45) is 5.92 Å². The number of aryl methyl sites for hydroxylation is 1. The van der Waals surface area contributed by atoms with Crippen molar-refractivity contribution in [3.05, 3.63) is 35.4 Å². The first kappa shape index (κ1) is 11.2. The number of hydrogen-bond donors (Lipinski definition) is 1. The Morgan fingerprint density at radius 3 is 2.53 bits per heavy atom. The standard InChI is InChI=1S/C15H21NO/c1-11-2-4-12(5-3-11)15(13-6-7-13)16-14-8-9-17-10-14/h2-5,13-16H,6-10H2,1H3. The van der Waals surface area contributed by atoms with E-state index in [9.17, 15) is 0 Å². The van der Waals surface area contributed by atoms with E-state index in [0.29, 0.717) is 12.1 Å². The van der Waals surface area contributed by atoms with Crippen LogP contribution in [0.25, 0.3) is 0 Å². The zero-order chi connectivity index (χ0) is 11.7. The van der Waals surface area contributed by atoms with Crippen molar-refractivity contribution in [3.63, 3.8) is 0 Å². The molecule has 0 radical (unpaired) electrons. The van der Waals surface area contributed by atoms with Crippen LogP contribution in [0.15, 0.2) is 24.3 Å². The molecule has 0 bridgehead atoms. The lowest BCUT2D eigenvalue weighted by Crippen LogP contribution is -2.34. The molecule has 1 aromatic rings. The van der Waals surface area contributed by atoms with E-state index in [0.717, 1.165) is 25.6 Å². The summed E-state index contributed by atoms with van der Waals surface area (Å²) in [5.74, 6) is 0.846. The Morgan fingerprint density at radius 1 is 1.18 bits per heavy atom. The molecule has 1 heterocycles. The normalized spacial score (nSPS) is 26.1. The van der Waals surface area contributed by atoms with Crippen LogP contribution in [0.2, 0.25) is 0 Å². The van der Waals surface area contributed by atoms with Crippen LogP contribution >= 0.6 is 0 Å². The molecule has 1 aliphatic heterocycles. The van der Waals surface area contributed by atoms with Gasteiger partial charge in [-0.3, -0.25) is 0 Å². The third-order valence-electron chi connectivity index (χ3n) is 3.87. The lowest BCUT2D eigenvalue weighted by Gasteiger charge is -2.22. The first-order valence-electron chi connectivity index (χ1n) is 6.73. The Bertz CT molecular complexity index is 363. The van der Waals surface area contributed by atoms with Gasteiger partial charge < -0.3 is 10.1 Å². The molecule has 2 unspecified atom stereocenters. The molecular weight excluding hydrogens is 210 g/mol. The fourth-order valence-electron chi connectivity index (χ4n) is 2.63. The molecule has 17 heavy (non-hydrogen) atoms. The van der Waals surface area contributed by atoms with Crippen LogP contribution < -0.4 is 5.32 Å². The molecule has 0 amide bonds. The second kappa shape index (κ2) is 4.79. The van der Waals surface area contributed by atoms with Gasteiger partial charge in [-0.15, -0.1) is 0 Å². The Morgan fingerprint density at radius 2 is 1.94 bits per heavy atom. The summed E-state index contributed by atoms with van der Waals surface area (Å²) in [4.78, 5) is 0. The van der Waals surface area contributed by atoms with Gasteiger partial charge in [-0.2, -0.15) is 0 Å². The summed E-state index contributed by atoms with van der Waals surface area (Å²) >= 11 is 0. The molecule has 1 aromatic carbocycles. The predicted octanol–water partition coefficient (Wildman–Crippen LogP) is 2.82. The molecule has 2 fully saturated rings. The number of ether oxygens (including phenoxy) is 1. The van der Waals surface area contributed by atoms with Crippen molar-refractivity contribution in [2.45, 2.75) is 38.3 Å². The van der Waals surface area contributed by atoms with E-state index in [1.807, 2.05) is 0 Å². The fraction of sp³-hybridized carbons (Fsp3) is 0.600. The van der Waals surface area contributed by atoms with E-state index in [1.54, 1.807) is 0 Å². The molecule has 2 nitrogen and oxygen atoms in total. The Kier molecular flexibility index (Phi) is 3.17. The van der Waals surface area contributed by atoms with Crippen LogP contribution in [-0.2, 0) is 4.74 Å². The van der Waals surface area contributed by atoms with Crippen molar-refractivity contribution >= 4 is 0 Å². The zero-order valence-electron chi connectivity index (χ0n) is 10.5. The summed E-state index contributed by atoms with van der Waals surface area (Å²) < 4.78 is 5.45. The summed E-state index contributed by atoms with van der Waals surface area (Å²) in [6.07, 6.45) is 3.91. The van der Waals surface area contributed by atoms with Gasteiger partial charge in [0.1, 0.15) is 0 Å². The highest BCUT2D eigenvalue weighted by Crippen LogP contribution is 2.41. The fourth-order valence-corrected chi connectivity index (χ4v) is 2.63. The van der Waals surface area contributed by atoms with Gasteiger partial charge >= 0.3 is 0 Å². The van der Waals surface area contributed by atoms with Crippen LogP contribution in [0.1, 0.15) is 36.4 Å². The minimum absolute atomic E-state index is 0.544. The smallest absolute Gasteiger partial charge is 0.0620 e. The first-order chi connectivity index (χ1) is 8.33. The molecule has 3 rings (SSSR count). The number of hydrogen-bond acceptors (Lipinski definition) is 2. The summed E-state index contributed by atoms with van der Waals surface area (Å²) in [7, 11) is 0. The highest BCUT2D eigenvalue weighted by Gasteiger charge is 2.34. The molecule has 2 heteroatoms. The van der Waals surface area contributed by atoms with E-state index >= 15 is 0 Å². The molecule has 1 saturated heterocycles. The molecule has 2 atom stereocenters. The van der Waals surface area contributed by atoms with Crippen LogP contribution in [0, 0.1) is 12.8 Å². The minimum Gasteiger partial charge on any atom is -0.380 e. The lowest BCUT2D eigenvalue weighted by molar-refractivity contribution is 0.187. The molecular formula is C15H21NO.